The minimum Gasteiger partial charge on any atom is -0.345 e. The molecular weight excluding hydrogens is 567 g/mol. The molecule has 0 N–H and O–H groups in total. The van der Waals surface area contributed by atoms with Crippen LogP contribution in [0.1, 0.15) is 100 Å². The number of nitrogens with zero attached hydrogens (tertiary/aromatic N) is 1. The van der Waals surface area contributed by atoms with E-state index in [0.29, 0.717) is 5.92 Å². The molecule has 1 atom stereocenters. The second kappa shape index (κ2) is 14.6. The molecule has 0 bridgehead atoms. The van der Waals surface area contributed by atoms with Gasteiger partial charge in [-0.2, -0.15) is 0 Å². The van der Waals surface area contributed by atoms with Gasteiger partial charge in [0.2, 0.25) is 0 Å². The van der Waals surface area contributed by atoms with E-state index in [0.717, 1.165) is 6.42 Å². The Morgan fingerprint density at radius 3 is 2.17 bits per heavy atom. The van der Waals surface area contributed by atoms with Crippen molar-refractivity contribution in [1.82, 2.24) is 0 Å². The Labute approximate surface area is 284 Å². The van der Waals surface area contributed by atoms with Crippen molar-refractivity contribution in [3.63, 3.8) is 0 Å². The summed E-state index contributed by atoms with van der Waals surface area (Å²) in [5.74, 6) is 0.405. The van der Waals surface area contributed by atoms with E-state index in [4.69, 9.17) is 0 Å². The highest BCUT2D eigenvalue weighted by molar-refractivity contribution is 5.99. The molecule has 0 spiro atoms. The third-order valence-corrected chi connectivity index (χ3v) is 9.82. The summed E-state index contributed by atoms with van der Waals surface area (Å²) in [6.45, 7) is 17.4. The van der Waals surface area contributed by atoms with Crippen molar-refractivity contribution in [3.8, 4) is 0 Å². The normalized spacial score (nSPS) is 17.4. The highest BCUT2D eigenvalue weighted by atomic mass is 15.1. The molecular formula is C46H53N. The molecule has 0 aliphatic heterocycles. The number of hydrogen-bond acceptors (Lipinski definition) is 1. The average Bonchev–Trinajstić information content (AvgIpc) is 3.29. The first-order valence-electron chi connectivity index (χ1n) is 17.5. The second-order valence-corrected chi connectivity index (χ2v) is 13.5. The minimum atomic E-state index is -0.00532. The number of allylic oxidation sites excluding steroid dienone is 9. The topological polar surface area (TPSA) is 3.24 Å². The Kier molecular flexibility index (Phi) is 10.6. The largest absolute Gasteiger partial charge is 0.345 e. The van der Waals surface area contributed by atoms with E-state index in [1.165, 1.54) is 79.5 Å². The Bertz CT molecular complexity index is 1880. The van der Waals surface area contributed by atoms with Crippen LogP contribution >= 0.6 is 0 Å². The number of hydrogen-bond donors (Lipinski definition) is 0. The van der Waals surface area contributed by atoms with Crippen LogP contribution in [0.3, 0.4) is 0 Å². The van der Waals surface area contributed by atoms with Crippen LogP contribution < -0.4 is 4.90 Å². The summed E-state index contributed by atoms with van der Waals surface area (Å²) >= 11 is 0. The predicted molar refractivity (Wildman–Crippen MR) is 208 cm³/mol. The van der Waals surface area contributed by atoms with Gasteiger partial charge in [-0.25, -0.2) is 0 Å². The van der Waals surface area contributed by atoms with Gasteiger partial charge < -0.3 is 4.90 Å². The molecule has 0 saturated carbocycles. The van der Waals surface area contributed by atoms with Gasteiger partial charge >= 0.3 is 0 Å². The number of aryl methyl sites for hydroxylation is 2. The molecule has 0 aromatic heterocycles. The van der Waals surface area contributed by atoms with E-state index in [-0.39, 0.29) is 5.41 Å². The average molecular weight is 620 g/mol. The van der Waals surface area contributed by atoms with E-state index in [1.807, 2.05) is 13.8 Å². The number of rotatable bonds is 4. The van der Waals surface area contributed by atoms with Crippen LogP contribution in [0.15, 0.2) is 126 Å². The summed E-state index contributed by atoms with van der Waals surface area (Å²) in [5.41, 5.74) is 15.2. The summed E-state index contributed by atoms with van der Waals surface area (Å²) in [4.78, 5) is 2.30. The van der Waals surface area contributed by atoms with Crippen molar-refractivity contribution >= 4 is 27.7 Å². The fourth-order valence-electron chi connectivity index (χ4n) is 7.42. The Morgan fingerprint density at radius 2 is 1.51 bits per heavy atom. The summed E-state index contributed by atoms with van der Waals surface area (Å²) in [6, 6.07) is 27.6. The number of anilines is 2. The minimum absolute atomic E-state index is 0.00532. The highest BCUT2D eigenvalue weighted by Gasteiger charge is 2.42. The molecule has 0 radical (unpaired) electrons. The summed E-state index contributed by atoms with van der Waals surface area (Å²) in [5, 5.41) is 2.61. The van der Waals surface area contributed by atoms with Crippen LogP contribution in [0, 0.1) is 13.8 Å². The highest BCUT2D eigenvalue weighted by Crippen LogP contribution is 2.56. The number of fused-ring (bicyclic) bond motifs is 5. The van der Waals surface area contributed by atoms with Crippen molar-refractivity contribution in [2.75, 3.05) is 11.9 Å². The van der Waals surface area contributed by atoms with E-state index < -0.39 is 0 Å². The predicted octanol–water partition coefficient (Wildman–Crippen LogP) is 13.2. The first-order chi connectivity index (χ1) is 22.7. The third kappa shape index (κ3) is 7.01. The first-order valence-corrected chi connectivity index (χ1v) is 17.5. The SMILES string of the molecule is C/C=C\C=C/C1CC2=C(c3ccccc31)c1cc3ccc(N(C)c4cc(C)cc(C)c4)cc3cc1C2(C)C.CC.CC1=CCCC=C1. The summed E-state index contributed by atoms with van der Waals surface area (Å²) < 4.78 is 0. The quantitative estimate of drug-likeness (QED) is 0.205. The molecule has 3 aliphatic rings. The van der Waals surface area contributed by atoms with Crippen molar-refractivity contribution in [2.24, 2.45) is 0 Å². The third-order valence-electron chi connectivity index (χ3n) is 9.82. The molecule has 7 rings (SSSR count). The van der Waals surface area contributed by atoms with Gasteiger partial charge in [0.15, 0.2) is 0 Å². The Balaban J connectivity index is 0.000000423. The van der Waals surface area contributed by atoms with Gasteiger partial charge in [0.1, 0.15) is 0 Å². The molecule has 1 heteroatoms. The number of benzene rings is 4. The van der Waals surface area contributed by atoms with Crippen molar-refractivity contribution in [1.29, 1.82) is 0 Å². The van der Waals surface area contributed by atoms with Gasteiger partial charge in [0.25, 0.3) is 0 Å². The maximum absolute atomic E-state index is 2.47. The zero-order chi connectivity index (χ0) is 33.7. The second-order valence-electron chi connectivity index (χ2n) is 13.5. The monoisotopic (exact) mass is 619 g/mol. The van der Waals surface area contributed by atoms with Crippen molar-refractivity contribution < 1.29 is 0 Å². The molecule has 1 unspecified atom stereocenters. The molecule has 0 amide bonds. The van der Waals surface area contributed by atoms with Gasteiger partial charge in [0, 0.05) is 29.8 Å². The van der Waals surface area contributed by atoms with E-state index >= 15 is 0 Å². The molecule has 0 heterocycles. The zero-order valence-electron chi connectivity index (χ0n) is 30.1. The molecule has 1 nitrogen and oxygen atoms in total. The lowest BCUT2D eigenvalue weighted by Crippen LogP contribution is -2.20. The molecule has 3 aliphatic carbocycles. The molecule has 4 aromatic carbocycles. The molecule has 242 valence electrons. The standard InChI is InChI=1S/C37H37N.C7H10.C2H6/c1-7-8-9-12-27-22-35-36(32-14-11-10-13-31(27)32)33-21-26-15-16-29(20-28(26)23-34(33)37(35,4)5)38(6)30-18-24(2)17-25(3)19-30;1-7-5-3-2-4-6-7;1-2/h7-21,23,27H,22H2,1-6H3;3,5-6H,2,4H2,1H3;1-2H3/b8-7-,12-9-;;. The fourth-order valence-corrected chi connectivity index (χ4v) is 7.42. The summed E-state index contributed by atoms with van der Waals surface area (Å²) in [7, 11) is 2.17. The lowest BCUT2D eigenvalue weighted by atomic mass is 9.72. The zero-order valence-corrected chi connectivity index (χ0v) is 30.1. The maximum atomic E-state index is 2.47. The van der Waals surface area contributed by atoms with Crippen molar-refractivity contribution in [2.45, 2.75) is 86.0 Å². The van der Waals surface area contributed by atoms with Gasteiger partial charge in [-0.1, -0.05) is 118 Å². The van der Waals surface area contributed by atoms with Gasteiger partial charge in [-0.15, -0.1) is 0 Å². The Morgan fingerprint density at radius 1 is 0.766 bits per heavy atom. The van der Waals surface area contributed by atoms with Crippen LogP contribution in [0.2, 0.25) is 0 Å². The Hall–Kier alpha value is -4.36. The van der Waals surface area contributed by atoms with Gasteiger partial charge in [0.05, 0.1) is 0 Å². The lowest BCUT2D eigenvalue weighted by Gasteiger charge is -2.31. The fraction of sp³-hybridized carbons (Fsp3) is 0.304. The molecule has 4 aromatic rings. The molecule has 0 saturated heterocycles. The van der Waals surface area contributed by atoms with Crippen molar-refractivity contribution in [3.05, 3.63) is 160 Å². The lowest BCUT2D eigenvalue weighted by molar-refractivity contribution is 0.589. The van der Waals surface area contributed by atoms with E-state index in [2.05, 4.69) is 169 Å². The van der Waals surface area contributed by atoms with Gasteiger partial charge in [-0.3, -0.25) is 0 Å². The summed E-state index contributed by atoms with van der Waals surface area (Å²) in [6.07, 6.45) is 19.0. The van der Waals surface area contributed by atoms with Gasteiger partial charge in [-0.05, 0) is 133 Å². The van der Waals surface area contributed by atoms with Crippen LogP contribution in [-0.2, 0) is 5.41 Å². The molecule has 0 fully saturated rings. The van der Waals surface area contributed by atoms with E-state index in [1.54, 1.807) is 5.57 Å². The molecule has 47 heavy (non-hydrogen) atoms. The van der Waals surface area contributed by atoms with Crippen LogP contribution in [0.5, 0.6) is 0 Å². The maximum Gasteiger partial charge on any atom is 0.0414 e. The smallest absolute Gasteiger partial charge is 0.0414 e. The van der Waals surface area contributed by atoms with E-state index in [9.17, 15) is 0 Å². The van der Waals surface area contributed by atoms with Crippen LogP contribution in [0.4, 0.5) is 11.4 Å². The van der Waals surface area contributed by atoms with Crippen LogP contribution in [-0.4, -0.2) is 7.05 Å². The van der Waals surface area contributed by atoms with Crippen LogP contribution in [0.25, 0.3) is 16.3 Å². The first kappa shape index (κ1) is 34.0.